The monoisotopic (exact) mass is 250 g/mol. The molecular formula is C13H22N4O. The highest BCUT2D eigenvalue weighted by molar-refractivity contribution is 5.79. The fourth-order valence-corrected chi connectivity index (χ4v) is 2.54. The Hall–Kier alpha value is -1.36. The van der Waals surface area contributed by atoms with Crippen molar-refractivity contribution in [3.8, 4) is 0 Å². The summed E-state index contributed by atoms with van der Waals surface area (Å²) in [7, 11) is 1.89. The summed E-state index contributed by atoms with van der Waals surface area (Å²) in [6.07, 6.45) is 4.01. The van der Waals surface area contributed by atoms with Crippen LogP contribution in [0, 0.1) is 12.8 Å². The van der Waals surface area contributed by atoms with E-state index < -0.39 is 0 Å². The normalized spacial score (nSPS) is 23.9. The molecule has 2 N–H and O–H groups in total. The molecule has 1 saturated heterocycles. The molecule has 1 aromatic rings. The SMILES string of the molecule is Cc1nn(C)cc1CNC(=O)C1CCCNC1C. The average Bonchev–Trinajstić information content (AvgIpc) is 2.65. The van der Waals surface area contributed by atoms with Gasteiger partial charge in [0.2, 0.25) is 5.91 Å². The smallest absolute Gasteiger partial charge is 0.224 e. The van der Waals surface area contributed by atoms with Crippen molar-refractivity contribution >= 4 is 5.91 Å². The second-order valence-corrected chi connectivity index (χ2v) is 5.12. The van der Waals surface area contributed by atoms with Gasteiger partial charge in [-0.15, -0.1) is 0 Å². The van der Waals surface area contributed by atoms with Crippen molar-refractivity contribution in [3.05, 3.63) is 17.5 Å². The lowest BCUT2D eigenvalue weighted by atomic mass is 9.91. The molecule has 5 heteroatoms. The topological polar surface area (TPSA) is 59.0 Å². The summed E-state index contributed by atoms with van der Waals surface area (Å²) >= 11 is 0. The zero-order chi connectivity index (χ0) is 13.1. The van der Waals surface area contributed by atoms with Crippen LogP contribution in [0.1, 0.15) is 31.0 Å². The van der Waals surface area contributed by atoms with E-state index in [4.69, 9.17) is 0 Å². The van der Waals surface area contributed by atoms with E-state index >= 15 is 0 Å². The van der Waals surface area contributed by atoms with E-state index in [9.17, 15) is 4.79 Å². The quantitative estimate of drug-likeness (QED) is 0.831. The minimum atomic E-state index is 0.0933. The van der Waals surface area contributed by atoms with Crippen molar-refractivity contribution in [1.29, 1.82) is 0 Å². The minimum absolute atomic E-state index is 0.0933. The molecule has 2 heterocycles. The van der Waals surface area contributed by atoms with Crippen LogP contribution in [-0.4, -0.2) is 28.3 Å². The molecule has 0 aliphatic carbocycles. The first-order valence-corrected chi connectivity index (χ1v) is 6.58. The Morgan fingerprint density at radius 1 is 1.67 bits per heavy atom. The van der Waals surface area contributed by atoms with Crippen molar-refractivity contribution in [2.75, 3.05) is 6.54 Å². The van der Waals surface area contributed by atoms with E-state index in [0.717, 1.165) is 30.6 Å². The Kier molecular flexibility index (Phi) is 4.01. The maximum Gasteiger partial charge on any atom is 0.224 e. The van der Waals surface area contributed by atoms with Gasteiger partial charge in [-0.3, -0.25) is 9.48 Å². The zero-order valence-corrected chi connectivity index (χ0v) is 11.4. The molecule has 1 fully saturated rings. The van der Waals surface area contributed by atoms with Crippen LogP contribution < -0.4 is 10.6 Å². The summed E-state index contributed by atoms with van der Waals surface area (Å²) in [4.78, 5) is 12.1. The van der Waals surface area contributed by atoms with Crippen LogP contribution in [0.25, 0.3) is 0 Å². The molecule has 5 nitrogen and oxygen atoms in total. The third-order valence-electron chi connectivity index (χ3n) is 3.67. The van der Waals surface area contributed by atoms with Gasteiger partial charge in [-0.05, 0) is 33.2 Å². The highest BCUT2D eigenvalue weighted by atomic mass is 16.1. The van der Waals surface area contributed by atoms with Crippen molar-refractivity contribution in [2.24, 2.45) is 13.0 Å². The van der Waals surface area contributed by atoms with Crippen LogP contribution in [0.5, 0.6) is 0 Å². The number of hydrogen-bond acceptors (Lipinski definition) is 3. The number of aromatic nitrogens is 2. The van der Waals surface area contributed by atoms with Gasteiger partial charge in [0.25, 0.3) is 0 Å². The number of hydrogen-bond donors (Lipinski definition) is 2. The van der Waals surface area contributed by atoms with E-state index in [2.05, 4.69) is 22.7 Å². The second kappa shape index (κ2) is 5.52. The molecule has 2 atom stereocenters. The highest BCUT2D eigenvalue weighted by Gasteiger charge is 2.27. The van der Waals surface area contributed by atoms with Crippen LogP contribution >= 0.6 is 0 Å². The maximum absolute atomic E-state index is 12.1. The summed E-state index contributed by atoms with van der Waals surface area (Å²) in [5.74, 6) is 0.244. The van der Waals surface area contributed by atoms with Crippen molar-refractivity contribution in [3.63, 3.8) is 0 Å². The van der Waals surface area contributed by atoms with Crippen molar-refractivity contribution in [2.45, 2.75) is 39.3 Å². The molecule has 18 heavy (non-hydrogen) atoms. The molecule has 0 saturated carbocycles. The summed E-state index contributed by atoms with van der Waals surface area (Å²) in [5.41, 5.74) is 2.06. The molecule has 100 valence electrons. The molecule has 2 rings (SSSR count). The lowest BCUT2D eigenvalue weighted by molar-refractivity contribution is -0.126. The van der Waals surface area contributed by atoms with Crippen LogP contribution in [0.4, 0.5) is 0 Å². The Morgan fingerprint density at radius 2 is 2.44 bits per heavy atom. The minimum Gasteiger partial charge on any atom is -0.352 e. The fourth-order valence-electron chi connectivity index (χ4n) is 2.54. The molecular weight excluding hydrogens is 228 g/mol. The number of carbonyl (C=O) groups excluding carboxylic acids is 1. The molecule has 0 bridgehead atoms. The van der Waals surface area contributed by atoms with Crippen molar-refractivity contribution in [1.82, 2.24) is 20.4 Å². The Bertz CT molecular complexity index is 427. The summed E-state index contributed by atoms with van der Waals surface area (Å²) < 4.78 is 1.78. The number of rotatable bonds is 3. The van der Waals surface area contributed by atoms with Crippen LogP contribution in [0.15, 0.2) is 6.20 Å². The molecule has 0 radical (unpaired) electrons. The van der Waals surface area contributed by atoms with Gasteiger partial charge in [0.15, 0.2) is 0 Å². The molecule has 0 spiro atoms. The molecule has 1 aliphatic rings. The second-order valence-electron chi connectivity index (χ2n) is 5.12. The molecule has 1 aliphatic heterocycles. The molecule has 2 unspecified atom stereocenters. The third-order valence-corrected chi connectivity index (χ3v) is 3.67. The number of piperidine rings is 1. The summed E-state index contributed by atoms with van der Waals surface area (Å²) in [6.45, 7) is 5.64. The summed E-state index contributed by atoms with van der Waals surface area (Å²) in [5, 5.41) is 10.6. The van der Waals surface area contributed by atoms with Gasteiger partial charge >= 0.3 is 0 Å². The summed E-state index contributed by atoms with van der Waals surface area (Å²) in [6, 6.07) is 0.272. The predicted octanol–water partition coefficient (Wildman–Crippen LogP) is 0.733. The number of nitrogens with zero attached hydrogens (tertiary/aromatic N) is 2. The first-order chi connectivity index (χ1) is 8.58. The lowest BCUT2D eigenvalue weighted by Gasteiger charge is -2.28. The molecule has 1 aromatic heterocycles. The van der Waals surface area contributed by atoms with E-state index in [1.54, 1.807) is 4.68 Å². The van der Waals surface area contributed by atoms with Gasteiger partial charge in [0, 0.05) is 31.4 Å². The first kappa shape index (κ1) is 13.1. The number of aryl methyl sites for hydroxylation is 2. The third kappa shape index (κ3) is 2.90. The Labute approximate surface area is 108 Å². The lowest BCUT2D eigenvalue weighted by Crippen LogP contribution is -2.46. The average molecular weight is 250 g/mol. The Balaban J connectivity index is 1.89. The number of carbonyl (C=O) groups is 1. The molecule has 0 aromatic carbocycles. The van der Waals surface area contributed by atoms with Crippen LogP contribution in [0.3, 0.4) is 0 Å². The number of nitrogens with one attached hydrogen (secondary N) is 2. The van der Waals surface area contributed by atoms with Gasteiger partial charge in [-0.25, -0.2) is 0 Å². The zero-order valence-electron chi connectivity index (χ0n) is 11.4. The van der Waals surface area contributed by atoms with Gasteiger partial charge in [-0.1, -0.05) is 0 Å². The predicted molar refractivity (Wildman–Crippen MR) is 70.0 cm³/mol. The van der Waals surface area contributed by atoms with Gasteiger partial charge < -0.3 is 10.6 Å². The maximum atomic E-state index is 12.1. The van der Waals surface area contributed by atoms with E-state index in [-0.39, 0.29) is 17.9 Å². The van der Waals surface area contributed by atoms with Gasteiger partial charge in [0.05, 0.1) is 11.6 Å². The first-order valence-electron chi connectivity index (χ1n) is 6.58. The largest absolute Gasteiger partial charge is 0.352 e. The van der Waals surface area contributed by atoms with Gasteiger partial charge in [0.1, 0.15) is 0 Å². The van der Waals surface area contributed by atoms with E-state index in [1.165, 1.54) is 0 Å². The van der Waals surface area contributed by atoms with E-state index in [1.807, 2.05) is 20.2 Å². The number of amides is 1. The highest BCUT2D eigenvalue weighted by Crippen LogP contribution is 2.16. The van der Waals surface area contributed by atoms with Gasteiger partial charge in [-0.2, -0.15) is 5.10 Å². The van der Waals surface area contributed by atoms with Crippen molar-refractivity contribution < 1.29 is 4.79 Å². The molecule has 1 amide bonds. The van der Waals surface area contributed by atoms with Crippen LogP contribution in [-0.2, 0) is 18.4 Å². The standard InChI is InChI=1S/C13H22N4O/c1-9-11(8-17(3)16-9)7-15-13(18)12-5-4-6-14-10(12)2/h8,10,12,14H,4-7H2,1-3H3,(H,15,18). The Morgan fingerprint density at radius 3 is 3.06 bits per heavy atom. The van der Waals surface area contributed by atoms with Crippen LogP contribution in [0.2, 0.25) is 0 Å². The van der Waals surface area contributed by atoms with E-state index in [0.29, 0.717) is 6.54 Å². The fraction of sp³-hybridized carbons (Fsp3) is 0.692.